The molecule has 0 saturated carbocycles. The summed E-state index contributed by atoms with van der Waals surface area (Å²) >= 11 is 3.36. The van der Waals surface area contributed by atoms with Gasteiger partial charge in [-0.15, -0.1) is 0 Å². The van der Waals surface area contributed by atoms with Crippen LogP contribution in [0.15, 0.2) is 40.9 Å². The van der Waals surface area contributed by atoms with Crippen LogP contribution in [0.5, 0.6) is 5.75 Å². The quantitative estimate of drug-likeness (QED) is 0.425. The Morgan fingerprint density at radius 2 is 2.04 bits per heavy atom. The number of hydrogen-bond acceptors (Lipinski definition) is 5. The van der Waals surface area contributed by atoms with Crippen molar-refractivity contribution in [1.82, 2.24) is 0 Å². The van der Waals surface area contributed by atoms with Crippen molar-refractivity contribution < 1.29 is 19.2 Å². The molecule has 0 aliphatic rings. The first-order valence-electron chi connectivity index (χ1n) is 7.40. The van der Waals surface area contributed by atoms with Crippen LogP contribution in [-0.4, -0.2) is 31.2 Å². The van der Waals surface area contributed by atoms with Crippen LogP contribution in [0.1, 0.15) is 15.9 Å². The second kappa shape index (κ2) is 8.59. The van der Waals surface area contributed by atoms with E-state index < -0.39 is 4.92 Å². The Morgan fingerprint density at radius 1 is 1.28 bits per heavy atom. The van der Waals surface area contributed by atoms with Crippen LogP contribution in [0.2, 0.25) is 0 Å². The molecule has 1 amide bonds. The van der Waals surface area contributed by atoms with Crippen LogP contribution < -0.4 is 10.1 Å². The molecule has 0 spiro atoms. The van der Waals surface area contributed by atoms with Crippen LogP contribution in [0.3, 0.4) is 0 Å². The molecule has 7 nitrogen and oxygen atoms in total. The molecule has 8 heteroatoms. The summed E-state index contributed by atoms with van der Waals surface area (Å²) < 4.78 is 11.1. The second-order valence-corrected chi connectivity index (χ2v) is 6.00. The van der Waals surface area contributed by atoms with Gasteiger partial charge in [-0.2, -0.15) is 0 Å². The van der Waals surface area contributed by atoms with Gasteiger partial charge >= 0.3 is 0 Å². The Hall–Kier alpha value is -2.45. The van der Waals surface area contributed by atoms with Crippen LogP contribution in [0.25, 0.3) is 0 Å². The summed E-state index contributed by atoms with van der Waals surface area (Å²) in [6.45, 7) is 2.45. The SMILES string of the molecule is COCCOc1ccc(C(=O)Nc2cccc([N+](=O)[O-])c2C)cc1Br. The molecule has 0 atom stereocenters. The molecule has 0 unspecified atom stereocenters. The summed E-state index contributed by atoms with van der Waals surface area (Å²) in [5.41, 5.74) is 1.16. The number of benzene rings is 2. The number of ether oxygens (including phenoxy) is 2. The molecule has 2 aromatic rings. The summed E-state index contributed by atoms with van der Waals surface area (Å²) in [7, 11) is 1.59. The number of anilines is 1. The van der Waals surface area contributed by atoms with E-state index in [-0.39, 0.29) is 11.6 Å². The van der Waals surface area contributed by atoms with Gasteiger partial charge in [-0.1, -0.05) is 6.07 Å². The molecule has 0 saturated heterocycles. The van der Waals surface area contributed by atoms with E-state index in [2.05, 4.69) is 21.2 Å². The maximum atomic E-state index is 12.4. The maximum Gasteiger partial charge on any atom is 0.274 e. The van der Waals surface area contributed by atoms with Crippen LogP contribution in [0.4, 0.5) is 11.4 Å². The number of carbonyl (C=O) groups excluding carboxylic acids is 1. The monoisotopic (exact) mass is 408 g/mol. The standard InChI is InChI=1S/C17H17BrN2O5/c1-11-14(4-3-5-15(11)20(22)23)19-17(21)12-6-7-16(13(18)10-12)25-9-8-24-2/h3-7,10H,8-9H2,1-2H3,(H,19,21). The van der Waals surface area contributed by atoms with E-state index in [1.165, 1.54) is 12.1 Å². The average Bonchev–Trinajstić information content (AvgIpc) is 2.58. The summed E-state index contributed by atoms with van der Waals surface area (Å²) in [6.07, 6.45) is 0. The van der Waals surface area contributed by atoms with Gasteiger partial charge < -0.3 is 14.8 Å². The number of halogens is 1. The van der Waals surface area contributed by atoms with Crippen molar-refractivity contribution in [3.63, 3.8) is 0 Å². The van der Waals surface area contributed by atoms with E-state index in [1.807, 2.05) is 0 Å². The zero-order valence-electron chi connectivity index (χ0n) is 13.7. The van der Waals surface area contributed by atoms with Gasteiger partial charge in [0.1, 0.15) is 12.4 Å². The Balaban J connectivity index is 2.15. The van der Waals surface area contributed by atoms with Gasteiger partial charge in [0, 0.05) is 18.7 Å². The largest absolute Gasteiger partial charge is 0.490 e. The third-order valence-corrected chi connectivity index (χ3v) is 4.11. The molecular formula is C17H17BrN2O5. The highest BCUT2D eigenvalue weighted by atomic mass is 79.9. The zero-order chi connectivity index (χ0) is 18.4. The molecule has 0 aliphatic heterocycles. The lowest BCUT2D eigenvalue weighted by Crippen LogP contribution is -2.13. The van der Waals surface area contributed by atoms with Crippen molar-refractivity contribution in [1.29, 1.82) is 0 Å². The summed E-state index contributed by atoms with van der Waals surface area (Å²) in [5, 5.41) is 13.7. The van der Waals surface area contributed by atoms with Crippen molar-refractivity contribution in [2.24, 2.45) is 0 Å². The molecule has 0 bridgehead atoms. The van der Waals surface area contributed by atoms with Gasteiger partial charge in [-0.25, -0.2) is 0 Å². The van der Waals surface area contributed by atoms with E-state index in [0.29, 0.717) is 40.3 Å². The number of rotatable bonds is 7. The number of nitrogens with zero attached hydrogens (tertiary/aromatic N) is 1. The first-order valence-corrected chi connectivity index (χ1v) is 8.20. The van der Waals surface area contributed by atoms with Crippen molar-refractivity contribution in [3.8, 4) is 5.75 Å². The van der Waals surface area contributed by atoms with Crippen molar-refractivity contribution in [2.75, 3.05) is 25.6 Å². The Bertz CT molecular complexity index is 795. The maximum absolute atomic E-state index is 12.4. The normalized spacial score (nSPS) is 10.4. The first kappa shape index (κ1) is 18.9. The zero-order valence-corrected chi connectivity index (χ0v) is 15.3. The molecule has 132 valence electrons. The highest BCUT2D eigenvalue weighted by molar-refractivity contribution is 9.10. The number of hydrogen-bond donors (Lipinski definition) is 1. The third kappa shape index (κ3) is 4.77. The molecule has 25 heavy (non-hydrogen) atoms. The fourth-order valence-corrected chi connectivity index (χ4v) is 2.64. The topological polar surface area (TPSA) is 90.7 Å². The summed E-state index contributed by atoms with van der Waals surface area (Å²) in [5.74, 6) is 0.230. The van der Waals surface area contributed by atoms with Gasteiger partial charge in [-0.3, -0.25) is 14.9 Å². The first-order chi connectivity index (χ1) is 11.9. The number of methoxy groups -OCH3 is 1. The molecule has 0 aromatic heterocycles. The molecular weight excluding hydrogens is 392 g/mol. The molecule has 1 N–H and O–H groups in total. The molecule has 0 heterocycles. The minimum absolute atomic E-state index is 0.0409. The van der Waals surface area contributed by atoms with Gasteiger partial charge in [0.2, 0.25) is 0 Å². The minimum Gasteiger partial charge on any atom is -0.490 e. The van der Waals surface area contributed by atoms with Crippen LogP contribution in [-0.2, 0) is 4.74 Å². The van der Waals surface area contributed by atoms with E-state index in [0.717, 1.165) is 0 Å². The van der Waals surface area contributed by atoms with Gasteiger partial charge in [-0.05, 0) is 47.1 Å². The van der Waals surface area contributed by atoms with E-state index in [4.69, 9.17) is 9.47 Å². The number of amides is 1. The number of nitro groups is 1. The fourth-order valence-electron chi connectivity index (χ4n) is 2.15. The smallest absolute Gasteiger partial charge is 0.274 e. The lowest BCUT2D eigenvalue weighted by atomic mass is 10.1. The van der Waals surface area contributed by atoms with Gasteiger partial charge in [0.05, 0.1) is 27.3 Å². The fraction of sp³-hybridized carbons (Fsp3) is 0.235. The van der Waals surface area contributed by atoms with Crippen molar-refractivity contribution in [3.05, 3.63) is 62.1 Å². The second-order valence-electron chi connectivity index (χ2n) is 5.15. The third-order valence-electron chi connectivity index (χ3n) is 3.49. The molecule has 0 fully saturated rings. The predicted molar refractivity (Wildman–Crippen MR) is 97.3 cm³/mol. The summed E-state index contributed by atoms with van der Waals surface area (Å²) in [6, 6.07) is 9.47. The average molecular weight is 409 g/mol. The Morgan fingerprint density at radius 3 is 2.68 bits per heavy atom. The van der Waals surface area contributed by atoms with Crippen molar-refractivity contribution >= 4 is 33.2 Å². The molecule has 2 rings (SSSR count). The number of nitro benzene ring substituents is 1. The van der Waals surface area contributed by atoms with E-state index in [9.17, 15) is 14.9 Å². The number of nitrogens with one attached hydrogen (secondary N) is 1. The highest BCUT2D eigenvalue weighted by Gasteiger charge is 2.16. The van der Waals surface area contributed by atoms with E-state index >= 15 is 0 Å². The lowest BCUT2D eigenvalue weighted by molar-refractivity contribution is -0.385. The Labute approximate surface area is 153 Å². The van der Waals surface area contributed by atoms with Crippen molar-refractivity contribution in [2.45, 2.75) is 6.92 Å². The van der Waals surface area contributed by atoms with E-state index in [1.54, 1.807) is 38.3 Å². The molecule has 0 aliphatic carbocycles. The number of carbonyl (C=O) groups is 1. The highest BCUT2D eigenvalue weighted by Crippen LogP contribution is 2.28. The minimum atomic E-state index is -0.478. The van der Waals surface area contributed by atoms with Gasteiger partial charge in [0.15, 0.2) is 0 Å². The Kier molecular flexibility index (Phi) is 6.49. The molecule has 2 aromatic carbocycles. The molecule has 0 radical (unpaired) electrons. The lowest BCUT2D eigenvalue weighted by Gasteiger charge is -2.11. The van der Waals surface area contributed by atoms with Gasteiger partial charge in [0.25, 0.3) is 11.6 Å². The predicted octanol–water partition coefficient (Wildman–Crippen LogP) is 3.94. The van der Waals surface area contributed by atoms with Crippen LogP contribution in [0, 0.1) is 17.0 Å². The van der Waals surface area contributed by atoms with Crippen LogP contribution >= 0.6 is 15.9 Å². The summed E-state index contributed by atoms with van der Waals surface area (Å²) in [4.78, 5) is 22.9.